The third-order valence-electron chi connectivity index (χ3n) is 2.73. The van der Waals surface area contributed by atoms with Crippen LogP contribution in [0.3, 0.4) is 0 Å². The third-order valence-corrected chi connectivity index (χ3v) is 2.73. The van der Waals surface area contributed by atoms with Crippen LogP contribution < -0.4 is 5.73 Å². The van der Waals surface area contributed by atoms with Crippen molar-refractivity contribution in [1.82, 2.24) is 5.16 Å². The SMILES string of the molecule is CCC(N)c1cc(-c2cc(C)ccc2F)no1. The maximum absolute atomic E-state index is 13.6. The molecule has 3 nitrogen and oxygen atoms in total. The minimum Gasteiger partial charge on any atom is -0.359 e. The van der Waals surface area contributed by atoms with E-state index in [1.807, 2.05) is 13.8 Å². The molecule has 1 unspecified atom stereocenters. The molecule has 1 atom stereocenters. The Morgan fingerprint density at radius 3 is 2.88 bits per heavy atom. The fraction of sp³-hybridized carbons (Fsp3) is 0.308. The van der Waals surface area contributed by atoms with Crippen molar-refractivity contribution in [2.45, 2.75) is 26.3 Å². The summed E-state index contributed by atoms with van der Waals surface area (Å²) in [5.74, 6) is 0.281. The molecule has 0 spiro atoms. The van der Waals surface area contributed by atoms with Gasteiger partial charge in [-0.1, -0.05) is 23.7 Å². The predicted molar refractivity (Wildman–Crippen MR) is 63.9 cm³/mol. The summed E-state index contributed by atoms with van der Waals surface area (Å²) in [4.78, 5) is 0. The van der Waals surface area contributed by atoms with Gasteiger partial charge in [-0.15, -0.1) is 0 Å². The van der Waals surface area contributed by atoms with Crippen molar-refractivity contribution < 1.29 is 8.91 Å². The second-order valence-electron chi connectivity index (χ2n) is 4.11. The van der Waals surface area contributed by atoms with E-state index in [4.69, 9.17) is 10.3 Å². The molecule has 0 bridgehead atoms. The molecule has 17 heavy (non-hydrogen) atoms. The lowest BCUT2D eigenvalue weighted by Gasteiger charge is -2.01. The number of benzene rings is 1. The fourth-order valence-corrected chi connectivity index (χ4v) is 1.63. The molecule has 4 heteroatoms. The molecule has 0 saturated heterocycles. The minimum absolute atomic E-state index is 0.191. The number of halogens is 1. The number of nitrogens with two attached hydrogens (primary N) is 1. The molecule has 2 N–H and O–H groups in total. The first-order valence-corrected chi connectivity index (χ1v) is 5.60. The second kappa shape index (κ2) is 4.67. The largest absolute Gasteiger partial charge is 0.359 e. The Kier molecular flexibility index (Phi) is 3.24. The van der Waals surface area contributed by atoms with Gasteiger partial charge in [0.05, 0.1) is 6.04 Å². The quantitative estimate of drug-likeness (QED) is 0.887. The molecule has 1 aromatic carbocycles. The van der Waals surface area contributed by atoms with Gasteiger partial charge in [0.25, 0.3) is 0 Å². The maximum atomic E-state index is 13.6. The van der Waals surface area contributed by atoms with Crippen LogP contribution in [0, 0.1) is 12.7 Å². The van der Waals surface area contributed by atoms with Gasteiger partial charge in [-0.2, -0.15) is 0 Å². The normalized spacial score (nSPS) is 12.7. The van der Waals surface area contributed by atoms with Crippen molar-refractivity contribution in [1.29, 1.82) is 0 Å². The van der Waals surface area contributed by atoms with E-state index in [1.54, 1.807) is 18.2 Å². The van der Waals surface area contributed by atoms with Crippen LogP contribution in [0.2, 0.25) is 0 Å². The lowest BCUT2D eigenvalue weighted by Crippen LogP contribution is -2.06. The monoisotopic (exact) mass is 234 g/mol. The minimum atomic E-state index is -0.305. The predicted octanol–water partition coefficient (Wildman–Crippen LogP) is 3.20. The first-order valence-electron chi connectivity index (χ1n) is 5.60. The van der Waals surface area contributed by atoms with Crippen LogP contribution in [0.15, 0.2) is 28.8 Å². The lowest BCUT2D eigenvalue weighted by molar-refractivity contribution is 0.360. The van der Waals surface area contributed by atoms with E-state index in [2.05, 4.69) is 5.16 Å². The molecule has 0 fully saturated rings. The zero-order valence-corrected chi connectivity index (χ0v) is 9.90. The Morgan fingerprint density at radius 2 is 2.18 bits per heavy atom. The van der Waals surface area contributed by atoms with Crippen LogP contribution >= 0.6 is 0 Å². The Labute approximate surface area is 99.4 Å². The van der Waals surface area contributed by atoms with Crippen LogP contribution in [0.1, 0.15) is 30.7 Å². The molecule has 2 rings (SSSR count). The van der Waals surface area contributed by atoms with Gasteiger partial charge in [-0.25, -0.2) is 4.39 Å². The van der Waals surface area contributed by atoms with E-state index in [0.717, 1.165) is 12.0 Å². The van der Waals surface area contributed by atoms with Crippen LogP contribution in [0.25, 0.3) is 11.3 Å². The molecule has 0 aliphatic carbocycles. The molecular formula is C13H15FN2O. The summed E-state index contributed by atoms with van der Waals surface area (Å²) in [7, 11) is 0. The number of nitrogens with zero attached hydrogens (tertiary/aromatic N) is 1. The van der Waals surface area contributed by atoms with Crippen LogP contribution in [-0.4, -0.2) is 5.16 Å². The molecule has 1 heterocycles. The topological polar surface area (TPSA) is 52.0 Å². The van der Waals surface area contributed by atoms with Crippen molar-refractivity contribution in [3.8, 4) is 11.3 Å². The first-order chi connectivity index (χ1) is 8.11. The van der Waals surface area contributed by atoms with Crippen LogP contribution in [0.5, 0.6) is 0 Å². The van der Waals surface area contributed by atoms with Crippen molar-refractivity contribution in [2.24, 2.45) is 5.73 Å². The highest BCUT2D eigenvalue weighted by Crippen LogP contribution is 2.25. The summed E-state index contributed by atoms with van der Waals surface area (Å²) in [6.45, 7) is 3.86. The van der Waals surface area contributed by atoms with Gasteiger partial charge in [0.2, 0.25) is 0 Å². The average molecular weight is 234 g/mol. The summed E-state index contributed by atoms with van der Waals surface area (Å²) in [5.41, 5.74) is 7.74. The fourth-order valence-electron chi connectivity index (χ4n) is 1.63. The molecule has 2 aromatic rings. The van der Waals surface area contributed by atoms with Gasteiger partial charge in [0.15, 0.2) is 5.76 Å². The first kappa shape index (κ1) is 11.8. The highest BCUT2D eigenvalue weighted by molar-refractivity contribution is 5.60. The van der Waals surface area contributed by atoms with E-state index in [-0.39, 0.29) is 11.9 Å². The number of hydrogen-bond donors (Lipinski definition) is 1. The van der Waals surface area contributed by atoms with Crippen molar-refractivity contribution in [2.75, 3.05) is 0 Å². The van der Waals surface area contributed by atoms with Gasteiger partial charge in [0.1, 0.15) is 11.5 Å². The number of aryl methyl sites for hydroxylation is 1. The van der Waals surface area contributed by atoms with Gasteiger partial charge in [-0.05, 0) is 25.5 Å². The Morgan fingerprint density at radius 1 is 1.41 bits per heavy atom. The molecule has 90 valence electrons. The summed E-state index contributed by atoms with van der Waals surface area (Å²) < 4.78 is 18.8. The highest BCUT2D eigenvalue weighted by Gasteiger charge is 2.14. The second-order valence-corrected chi connectivity index (χ2v) is 4.11. The van der Waals surface area contributed by atoms with Gasteiger partial charge in [0, 0.05) is 11.6 Å². The maximum Gasteiger partial charge on any atom is 0.154 e. The van der Waals surface area contributed by atoms with Crippen molar-refractivity contribution >= 4 is 0 Å². The van der Waals surface area contributed by atoms with E-state index < -0.39 is 0 Å². The van der Waals surface area contributed by atoms with Gasteiger partial charge >= 0.3 is 0 Å². The zero-order chi connectivity index (χ0) is 12.4. The Balaban J connectivity index is 2.40. The number of rotatable bonds is 3. The molecule has 0 aliphatic rings. The van der Waals surface area contributed by atoms with Gasteiger partial charge < -0.3 is 10.3 Å². The van der Waals surface area contributed by atoms with E-state index in [0.29, 0.717) is 17.0 Å². The van der Waals surface area contributed by atoms with Crippen molar-refractivity contribution in [3.63, 3.8) is 0 Å². The van der Waals surface area contributed by atoms with Crippen LogP contribution in [-0.2, 0) is 0 Å². The third kappa shape index (κ3) is 2.36. The molecule has 1 aromatic heterocycles. The molecular weight excluding hydrogens is 219 g/mol. The van der Waals surface area contributed by atoms with Crippen molar-refractivity contribution in [3.05, 3.63) is 41.4 Å². The smallest absolute Gasteiger partial charge is 0.154 e. The molecule has 0 aliphatic heterocycles. The lowest BCUT2D eigenvalue weighted by atomic mass is 10.1. The highest BCUT2D eigenvalue weighted by atomic mass is 19.1. The standard InChI is InChI=1S/C13H15FN2O/c1-3-11(15)13-7-12(16-17-13)9-6-8(2)4-5-10(9)14/h4-7,11H,3,15H2,1-2H3. The average Bonchev–Trinajstić information content (AvgIpc) is 2.80. The van der Waals surface area contributed by atoms with Gasteiger partial charge in [-0.3, -0.25) is 0 Å². The zero-order valence-electron chi connectivity index (χ0n) is 9.90. The Hall–Kier alpha value is -1.68. The van der Waals surface area contributed by atoms with Crippen LogP contribution in [0.4, 0.5) is 4.39 Å². The summed E-state index contributed by atoms with van der Waals surface area (Å²) in [5, 5.41) is 3.86. The van der Waals surface area contributed by atoms with E-state index in [1.165, 1.54) is 6.07 Å². The number of hydrogen-bond acceptors (Lipinski definition) is 3. The van der Waals surface area contributed by atoms with E-state index >= 15 is 0 Å². The molecule has 0 radical (unpaired) electrons. The molecule has 0 saturated carbocycles. The Bertz CT molecular complexity index is 522. The summed E-state index contributed by atoms with van der Waals surface area (Å²) in [6, 6.07) is 6.40. The number of aromatic nitrogens is 1. The summed E-state index contributed by atoms with van der Waals surface area (Å²) >= 11 is 0. The summed E-state index contributed by atoms with van der Waals surface area (Å²) in [6.07, 6.45) is 0.755. The van der Waals surface area contributed by atoms with E-state index in [9.17, 15) is 4.39 Å². The molecule has 0 amide bonds.